The molecule has 2 nitrogen and oxygen atoms in total. The quantitative estimate of drug-likeness (QED) is 0.804. The first-order chi connectivity index (χ1) is 7.15. The van der Waals surface area contributed by atoms with Crippen LogP contribution in [0.2, 0.25) is 0 Å². The average molecular weight is 206 g/mol. The van der Waals surface area contributed by atoms with E-state index in [-0.39, 0.29) is 6.04 Å². The van der Waals surface area contributed by atoms with Crippen LogP contribution in [0, 0.1) is 5.92 Å². The second-order valence-electron chi connectivity index (χ2n) is 4.51. The summed E-state index contributed by atoms with van der Waals surface area (Å²) in [5.74, 6) is 0.725. The van der Waals surface area contributed by atoms with E-state index in [2.05, 4.69) is 31.8 Å². The monoisotopic (exact) mass is 206 g/mol. The molecule has 2 heteroatoms. The minimum atomic E-state index is 0.172. The summed E-state index contributed by atoms with van der Waals surface area (Å²) in [7, 11) is 0. The van der Waals surface area contributed by atoms with Gasteiger partial charge in [0.05, 0.1) is 0 Å². The van der Waals surface area contributed by atoms with Crippen molar-refractivity contribution in [3.63, 3.8) is 0 Å². The molecule has 0 radical (unpaired) electrons. The molecule has 1 heterocycles. The molecule has 0 amide bonds. The molecule has 0 saturated heterocycles. The van der Waals surface area contributed by atoms with Gasteiger partial charge in [0.1, 0.15) is 0 Å². The van der Waals surface area contributed by atoms with Crippen molar-refractivity contribution in [2.45, 2.75) is 46.1 Å². The van der Waals surface area contributed by atoms with Crippen molar-refractivity contribution in [3.05, 3.63) is 29.6 Å². The first kappa shape index (κ1) is 12.2. The molecule has 0 bridgehead atoms. The van der Waals surface area contributed by atoms with Crippen LogP contribution >= 0.6 is 0 Å². The molecular formula is C13H22N2. The molecule has 1 unspecified atom stereocenters. The van der Waals surface area contributed by atoms with Crippen LogP contribution in [0.4, 0.5) is 0 Å². The Kier molecular flexibility index (Phi) is 4.76. The summed E-state index contributed by atoms with van der Waals surface area (Å²) in [4.78, 5) is 4.14. The van der Waals surface area contributed by atoms with Crippen LogP contribution < -0.4 is 5.73 Å². The Bertz CT molecular complexity index is 294. The molecule has 0 aliphatic carbocycles. The molecule has 2 N–H and O–H groups in total. The van der Waals surface area contributed by atoms with Crippen LogP contribution in [0.5, 0.6) is 0 Å². The van der Waals surface area contributed by atoms with Crippen molar-refractivity contribution >= 4 is 0 Å². The van der Waals surface area contributed by atoms with Crippen LogP contribution in [0.3, 0.4) is 0 Å². The number of nitrogens with two attached hydrogens (primary N) is 1. The highest BCUT2D eigenvalue weighted by atomic mass is 14.7. The van der Waals surface area contributed by atoms with Crippen LogP contribution in [0.1, 0.15) is 50.8 Å². The third-order valence-electron chi connectivity index (χ3n) is 2.78. The second-order valence-corrected chi connectivity index (χ2v) is 4.51. The van der Waals surface area contributed by atoms with Crippen LogP contribution in [0.15, 0.2) is 18.5 Å². The van der Waals surface area contributed by atoms with E-state index in [1.807, 2.05) is 12.4 Å². The normalized spacial score (nSPS) is 13.1. The van der Waals surface area contributed by atoms with Gasteiger partial charge in [0.15, 0.2) is 0 Å². The molecule has 15 heavy (non-hydrogen) atoms. The van der Waals surface area contributed by atoms with Gasteiger partial charge in [0, 0.05) is 18.4 Å². The highest BCUT2D eigenvalue weighted by molar-refractivity contribution is 5.26. The Morgan fingerprint density at radius 3 is 2.67 bits per heavy atom. The molecular weight excluding hydrogens is 184 g/mol. The summed E-state index contributed by atoms with van der Waals surface area (Å²) in [6.07, 6.45) is 7.04. The van der Waals surface area contributed by atoms with Gasteiger partial charge in [0.2, 0.25) is 0 Å². The maximum absolute atomic E-state index is 6.19. The van der Waals surface area contributed by atoms with Gasteiger partial charge in [-0.1, -0.05) is 20.8 Å². The van der Waals surface area contributed by atoms with Gasteiger partial charge in [-0.25, -0.2) is 0 Å². The third-order valence-corrected chi connectivity index (χ3v) is 2.78. The third kappa shape index (κ3) is 3.63. The summed E-state index contributed by atoms with van der Waals surface area (Å²) in [5.41, 5.74) is 8.75. The standard InChI is InChI=1S/C13H22N2/c1-4-11-9-15-8-7-12(11)13(14)6-5-10(2)3/h7-10,13H,4-6,14H2,1-3H3. The highest BCUT2D eigenvalue weighted by Crippen LogP contribution is 2.21. The lowest BCUT2D eigenvalue weighted by Gasteiger charge is -2.16. The summed E-state index contributed by atoms with van der Waals surface area (Å²) in [6, 6.07) is 2.23. The molecule has 0 aliphatic heterocycles. The van der Waals surface area contributed by atoms with Crippen molar-refractivity contribution in [2.75, 3.05) is 0 Å². The highest BCUT2D eigenvalue weighted by Gasteiger charge is 2.10. The fourth-order valence-electron chi connectivity index (χ4n) is 1.76. The number of hydrogen-bond donors (Lipinski definition) is 1. The smallest absolute Gasteiger partial charge is 0.0303 e. The fraction of sp³-hybridized carbons (Fsp3) is 0.615. The zero-order valence-electron chi connectivity index (χ0n) is 10.0. The number of aromatic nitrogens is 1. The van der Waals surface area contributed by atoms with Gasteiger partial charge in [0.25, 0.3) is 0 Å². The number of pyridine rings is 1. The molecule has 1 atom stereocenters. The minimum Gasteiger partial charge on any atom is -0.324 e. The largest absolute Gasteiger partial charge is 0.324 e. The molecule has 0 saturated carbocycles. The van der Waals surface area contributed by atoms with Crippen molar-refractivity contribution in [2.24, 2.45) is 11.7 Å². The van der Waals surface area contributed by atoms with Gasteiger partial charge in [-0.05, 0) is 42.4 Å². The van der Waals surface area contributed by atoms with E-state index in [4.69, 9.17) is 5.73 Å². The lowest BCUT2D eigenvalue weighted by Crippen LogP contribution is -2.13. The molecule has 0 aromatic carbocycles. The number of aryl methyl sites for hydroxylation is 1. The van der Waals surface area contributed by atoms with Gasteiger partial charge in [-0.15, -0.1) is 0 Å². The average Bonchev–Trinajstić information content (AvgIpc) is 2.25. The Balaban J connectivity index is 2.68. The summed E-state index contributed by atoms with van der Waals surface area (Å²) in [5, 5.41) is 0. The topological polar surface area (TPSA) is 38.9 Å². The van der Waals surface area contributed by atoms with Crippen molar-refractivity contribution in [1.29, 1.82) is 0 Å². The predicted molar refractivity (Wildman–Crippen MR) is 64.6 cm³/mol. The second kappa shape index (κ2) is 5.86. The number of nitrogens with zero attached hydrogens (tertiary/aromatic N) is 1. The first-order valence-corrected chi connectivity index (χ1v) is 5.83. The zero-order valence-corrected chi connectivity index (χ0v) is 10.0. The fourth-order valence-corrected chi connectivity index (χ4v) is 1.76. The zero-order chi connectivity index (χ0) is 11.3. The van der Waals surface area contributed by atoms with Crippen LogP contribution in [-0.2, 0) is 6.42 Å². The van der Waals surface area contributed by atoms with E-state index >= 15 is 0 Å². The lowest BCUT2D eigenvalue weighted by atomic mass is 9.95. The first-order valence-electron chi connectivity index (χ1n) is 5.83. The van der Waals surface area contributed by atoms with E-state index in [0.29, 0.717) is 0 Å². The lowest BCUT2D eigenvalue weighted by molar-refractivity contribution is 0.505. The van der Waals surface area contributed by atoms with Gasteiger partial charge in [-0.3, -0.25) is 4.98 Å². The van der Waals surface area contributed by atoms with Crippen molar-refractivity contribution < 1.29 is 0 Å². The van der Waals surface area contributed by atoms with E-state index in [1.165, 1.54) is 17.5 Å². The summed E-state index contributed by atoms with van der Waals surface area (Å²) >= 11 is 0. The van der Waals surface area contributed by atoms with Gasteiger partial charge < -0.3 is 5.73 Å². The van der Waals surface area contributed by atoms with Crippen LogP contribution in [-0.4, -0.2) is 4.98 Å². The van der Waals surface area contributed by atoms with Gasteiger partial charge in [-0.2, -0.15) is 0 Å². The summed E-state index contributed by atoms with van der Waals surface area (Å²) < 4.78 is 0. The number of hydrogen-bond acceptors (Lipinski definition) is 2. The Labute approximate surface area is 92.9 Å². The molecule has 0 aliphatic rings. The molecule has 0 spiro atoms. The molecule has 84 valence electrons. The summed E-state index contributed by atoms with van der Waals surface area (Å²) in [6.45, 7) is 6.62. The SMILES string of the molecule is CCc1cnccc1C(N)CCC(C)C. The molecule has 1 aromatic rings. The van der Waals surface area contributed by atoms with Crippen molar-refractivity contribution in [3.8, 4) is 0 Å². The van der Waals surface area contributed by atoms with Gasteiger partial charge >= 0.3 is 0 Å². The molecule has 1 aromatic heterocycles. The maximum Gasteiger partial charge on any atom is 0.0303 e. The minimum absolute atomic E-state index is 0.172. The van der Waals surface area contributed by atoms with Crippen molar-refractivity contribution in [1.82, 2.24) is 4.98 Å². The number of rotatable bonds is 5. The maximum atomic E-state index is 6.19. The van der Waals surface area contributed by atoms with Crippen LogP contribution in [0.25, 0.3) is 0 Å². The Morgan fingerprint density at radius 1 is 1.33 bits per heavy atom. The van der Waals surface area contributed by atoms with E-state index in [1.54, 1.807) is 0 Å². The van der Waals surface area contributed by atoms with E-state index < -0.39 is 0 Å². The molecule has 1 rings (SSSR count). The predicted octanol–water partition coefficient (Wildman–Crippen LogP) is 3.08. The Hall–Kier alpha value is -0.890. The Morgan fingerprint density at radius 2 is 2.07 bits per heavy atom. The van der Waals surface area contributed by atoms with E-state index in [0.717, 1.165) is 18.8 Å². The van der Waals surface area contributed by atoms with E-state index in [9.17, 15) is 0 Å². The molecule has 0 fully saturated rings.